The van der Waals surface area contributed by atoms with Crippen molar-refractivity contribution in [3.8, 4) is 5.75 Å². The van der Waals surface area contributed by atoms with Crippen molar-refractivity contribution in [2.75, 3.05) is 7.11 Å². The van der Waals surface area contributed by atoms with E-state index in [0.717, 1.165) is 16.7 Å². The summed E-state index contributed by atoms with van der Waals surface area (Å²) in [5, 5.41) is 9.86. The van der Waals surface area contributed by atoms with Gasteiger partial charge in [0, 0.05) is 17.6 Å². The highest BCUT2D eigenvalue weighted by Crippen LogP contribution is 2.23. The number of benzene rings is 1. The fourth-order valence-electron chi connectivity index (χ4n) is 1.62. The molecule has 0 radical (unpaired) electrons. The normalized spacial score (nSPS) is 12.4. The summed E-state index contributed by atoms with van der Waals surface area (Å²) in [5.74, 6) is -0.655. The maximum Gasteiger partial charge on any atom is 0.310 e. The lowest BCUT2D eigenvalue weighted by atomic mass is 10.0. The number of methoxy groups -OCH3 is 1. The van der Waals surface area contributed by atoms with Gasteiger partial charge in [-0.1, -0.05) is 0 Å². The van der Waals surface area contributed by atoms with Crippen LogP contribution < -0.4 is 4.74 Å². The molecule has 4 heteroatoms. The monoisotopic (exact) mass is 231 g/mol. The van der Waals surface area contributed by atoms with Crippen LogP contribution in [0.3, 0.4) is 0 Å². The Hall–Kier alpha value is -2.10. The number of hydrogen-bond donors (Lipinski definition) is 1. The molecule has 0 bridgehead atoms. The van der Waals surface area contributed by atoms with E-state index in [9.17, 15) is 4.79 Å². The number of carboxylic acid groups (broad SMARTS) is 1. The first-order chi connectivity index (χ1) is 8.11. The zero-order chi connectivity index (χ0) is 12.4. The van der Waals surface area contributed by atoms with Crippen molar-refractivity contribution in [3.05, 3.63) is 36.0 Å². The number of aromatic nitrogens is 1. The molecule has 1 heterocycles. The molecular formula is C13H13NO3. The largest absolute Gasteiger partial charge is 0.497 e. The Labute approximate surface area is 98.9 Å². The number of rotatable bonds is 3. The molecule has 0 aliphatic rings. The van der Waals surface area contributed by atoms with E-state index in [-0.39, 0.29) is 0 Å². The highest BCUT2D eigenvalue weighted by Gasteiger charge is 2.14. The van der Waals surface area contributed by atoms with Gasteiger partial charge >= 0.3 is 5.97 Å². The summed E-state index contributed by atoms with van der Waals surface area (Å²) in [6.07, 6.45) is 1.60. The van der Waals surface area contributed by atoms with Crippen LogP contribution in [0.15, 0.2) is 30.5 Å². The zero-order valence-electron chi connectivity index (χ0n) is 9.68. The highest BCUT2D eigenvalue weighted by atomic mass is 16.5. The Balaban J connectivity index is 2.48. The van der Waals surface area contributed by atoms with E-state index in [1.807, 2.05) is 24.3 Å². The number of nitrogens with zero attached hydrogens (tertiary/aromatic N) is 1. The van der Waals surface area contributed by atoms with E-state index in [4.69, 9.17) is 9.84 Å². The Kier molecular flexibility index (Phi) is 2.95. The molecule has 88 valence electrons. The van der Waals surface area contributed by atoms with Crippen LogP contribution in [0.25, 0.3) is 10.9 Å². The van der Waals surface area contributed by atoms with E-state index in [2.05, 4.69) is 4.98 Å². The molecule has 1 aromatic heterocycles. The lowest BCUT2D eigenvalue weighted by Gasteiger charge is -2.08. The van der Waals surface area contributed by atoms with Crippen molar-refractivity contribution in [2.24, 2.45) is 0 Å². The summed E-state index contributed by atoms with van der Waals surface area (Å²) in [5.41, 5.74) is 1.50. The molecule has 1 aromatic carbocycles. The third-order valence-corrected chi connectivity index (χ3v) is 2.78. The molecule has 1 atom stereocenters. The first-order valence-electron chi connectivity index (χ1n) is 5.28. The van der Waals surface area contributed by atoms with Crippen LogP contribution in [0.2, 0.25) is 0 Å². The van der Waals surface area contributed by atoms with E-state index in [1.54, 1.807) is 20.2 Å². The van der Waals surface area contributed by atoms with E-state index >= 15 is 0 Å². The molecule has 0 aliphatic heterocycles. The number of hydrogen-bond acceptors (Lipinski definition) is 3. The van der Waals surface area contributed by atoms with Gasteiger partial charge in [0.25, 0.3) is 0 Å². The van der Waals surface area contributed by atoms with Gasteiger partial charge in [-0.15, -0.1) is 0 Å². The van der Waals surface area contributed by atoms with Gasteiger partial charge in [-0.2, -0.15) is 0 Å². The Morgan fingerprint density at radius 2 is 2.18 bits per heavy atom. The summed E-state index contributed by atoms with van der Waals surface area (Å²) < 4.78 is 5.10. The molecular weight excluding hydrogens is 218 g/mol. The number of pyridine rings is 1. The second kappa shape index (κ2) is 4.41. The average Bonchev–Trinajstić information content (AvgIpc) is 2.36. The molecule has 2 rings (SSSR count). The smallest absolute Gasteiger partial charge is 0.310 e. The maximum absolute atomic E-state index is 10.9. The van der Waals surface area contributed by atoms with Crippen molar-refractivity contribution in [3.63, 3.8) is 0 Å². The molecule has 0 spiro atoms. The van der Waals surface area contributed by atoms with Crippen LogP contribution in [0, 0.1) is 0 Å². The second-order valence-corrected chi connectivity index (χ2v) is 3.89. The van der Waals surface area contributed by atoms with Crippen LogP contribution in [0.5, 0.6) is 5.75 Å². The SMILES string of the molecule is COc1ccc2cc(C(C)C(=O)O)cnc2c1. The predicted molar refractivity (Wildman–Crippen MR) is 64.3 cm³/mol. The molecule has 0 aliphatic carbocycles. The summed E-state index contributed by atoms with van der Waals surface area (Å²) in [7, 11) is 1.60. The molecule has 0 saturated carbocycles. The Bertz CT molecular complexity index is 566. The van der Waals surface area contributed by atoms with Gasteiger partial charge in [-0.25, -0.2) is 0 Å². The first-order valence-corrected chi connectivity index (χ1v) is 5.28. The zero-order valence-corrected chi connectivity index (χ0v) is 9.68. The topological polar surface area (TPSA) is 59.4 Å². The van der Waals surface area contributed by atoms with Crippen molar-refractivity contribution in [2.45, 2.75) is 12.8 Å². The summed E-state index contributed by atoms with van der Waals surface area (Å²) in [6.45, 7) is 1.65. The first kappa shape index (κ1) is 11.4. The maximum atomic E-state index is 10.9. The summed E-state index contributed by atoms with van der Waals surface area (Å²) in [6, 6.07) is 7.38. The fourth-order valence-corrected chi connectivity index (χ4v) is 1.62. The summed E-state index contributed by atoms with van der Waals surface area (Å²) in [4.78, 5) is 15.1. The Morgan fingerprint density at radius 1 is 1.41 bits per heavy atom. The number of fused-ring (bicyclic) bond motifs is 1. The summed E-state index contributed by atoms with van der Waals surface area (Å²) >= 11 is 0. The van der Waals surface area contributed by atoms with Crippen molar-refractivity contribution >= 4 is 16.9 Å². The van der Waals surface area contributed by atoms with Gasteiger partial charge in [0.2, 0.25) is 0 Å². The molecule has 1 N–H and O–H groups in total. The van der Waals surface area contributed by atoms with Crippen LogP contribution in [-0.2, 0) is 4.79 Å². The minimum atomic E-state index is -0.848. The minimum absolute atomic E-state index is 0.547. The standard InChI is InChI=1S/C13H13NO3/c1-8(13(15)16)10-5-9-3-4-11(17-2)6-12(9)14-7-10/h3-8H,1-2H3,(H,15,16). The third kappa shape index (κ3) is 2.20. The molecule has 17 heavy (non-hydrogen) atoms. The minimum Gasteiger partial charge on any atom is -0.497 e. The van der Waals surface area contributed by atoms with Crippen LogP contribution in [0.4, 0.5) is 0 Å². The molecule has 1 unspecified atom stereocenters. The molecule has 0 fully saturated rings. The van der Waals surface area contributed by atoms with Crippen molar-refractivity contribution in [1.82, 2.24) is 4.98 Å². The van der Waals surface area contributed by atoms with Gasteiger partial charge in [0.15, 0.2) is 0 Å². The van der Waals surface area contributed by atoms with Gasteiger partial charge in [-0.05, 0) is 30.7 Å². The lowest BCUT2D eigenvalue weighted by molar-refractivity contribution is -0.138. The molecule has 0 saturated heterocycles. The van der Waals surface area contributed by atoms with E-state index in [1.165, 1.54) is 0 Å². The number of carboxylic acids is 1. The predicted octanol–water partition coefficient (Wildman–Crippen LogP) is 2.43. The number of ether oxygens (including phenoxy) is 1. The van der Waals surface area contributed by atoms with Gasteiger partial charge in [-0.3, -0.25) is 9.78 Å². The van der Waals surface area contributed by atoms with Gasteiger partial charge in [0.05, 0.1) is 18.5 Å². The molecule has 4 nitrogen and oxygen atoms in total. The number of carbonyl (C=O) groups is 1. The second-order valence-electron chi connectivity index (χ2n) is 3.89. The van der Waals surface area contributed by atoms with E-state index in [0.29, 0.717) is 5.56 Å². The quantitative estimate of drug-likeness (QED) is 0.881. The van der Waals surface area contributed by atoms with E-state index < -0.39 is 11.9 Å². The lowest BCUT2D eigenvalue weighted by Crippen LogP contribution is -2.07. The van der Waals surface area contributed by atoms with Crippen molar-refractivity contribution in [1.29, 1.82) is 0 Å². The van der Waals surface area contributed by atoms with Crippen LogP contribution >= 0.6 is 0 Å². The Morgan fingerprint density at radius 3 is 2.82 bits per heavy atom. The highest BCUT2D eigenvalue weighted by molar-refractivity contribution is 5.83. The van der Waals surface area contributed by atoms with Gasteiger partial charge in [0.1, 0.15) is 5.75 Å². The third-order valence-electron chi connectivity index (χ3n) is 2.78. The van der Waals surface area contributed by atoms with Crippen LogP contribution in [-0.4, -0.2) is 23.2 Å². The number of aliphatic carboxylic acids is 1. The van der Waals surface area contributed by atoms with Crippen LogP contribution in [0.1, 0.15) is 18.4 Å². The average molecular weight is 231 g/mol. The fraction of sp³-hybridized carbons (Fsp3) is 0.231. The molecule has 2 aromatic rings. The molecule has 0 amide bonds. The van der Waals surface area contributed by atoms with Crippen molar-refractivity contribution < 1.29 is 14.6 Å². The van der Waals surface area contributed by atoms with Gasteiger partial charge < -0.3 is 9.84 Å².